The molecule has 1 aromatic heterocycles. The summed E-state index contributed by atoms with van der Waals surface area (Å²) in [6.07, 6.45) is 0.555. The van der Waals surface area contributed by atoms with Crippen molar-refractivity contribution in [2.24, 2.45) is 0 Å². The summed E-state index contributed by atoms with van der Waals surface area (Å²) in [7, 11) is 0. The fourth-order valence-corrected chi connectivity index (χ4v) is 3.54. The quantitative estimate of drug-likeness (QED) is 0.846. The Morgan fingerprint density at radius 3 is 3.00 bits per heavy atom. The zero-order chi connectivity index (χ0) is 14.3. The van der Waals surface area contributed by atoms with Gasteiger partial charge in [0.1, 0.15) is 5.03 Å². The SMILES string of the molecule is O=C1Nc2cc(Sc3ncccc3Cl)c(Br)cc2C1O. The molecule has 1 aromatic carbocycles. The number of nitrogens with zero attached hydrogens (tertiary/aromatic N) is 1. The normalized spacial score (nSPS) is 16.9. The van der Waals surface area contributed by atoms with Crippen molar-refractivity contribution >= 4 is 50.9 Å². The molecule has 0 aliphatic carbocycles. The van der Waals surface area contributed by atoms with Crippen molar-refractivity contribution in [3.8, 4) is 0 Å². The van der Waals surface area contributed by atoms with Crippen LogP contribution in [-0.2, 0) is 4.79 Å². The van der Waals surface area contributed by atoms with Gasteiger partial charge < -0.3 is 10.4 Å². The summed E-state index contributed by atoms with van der Waals surface area (Å²) in [4.78, 5) is 16.5. The number of benzene rings is 1. The molecule has 0 saturated carbocycles. The summed E-state index contributed by atoms with van der Waals surface area (Å²) >= 11 is 10.9. The Kier molecular flexibility index (Phi) is 3.72. The maximum absolute atomic E-state index is 11.4. The predicted molar refractivity (Wildman–Crippen MR) is 81.1 cm³/mol. The number of anilines is 1. The van der Waals surface area contributed by atoms with Gasteiger partial charge in [0.2, 0.25) is 0 Å². The minimum absolute atomic E-state index is 0.412. The van der Waals surface area contributed by atoms with Gasteiger partial charge in [-0.15, -0.1) is 0 Å². The highest BCUT2D eigenvalue weighted by molar-refractivity contribution is 9.10. The van der Waals surface area contributed by atoms with Gasteiger partial charge in [-0.3, -0.25) is 4.79 Å². The summed E-state index contributed by atoms with van der Waals surface area (Å²) in [6, 6.07) is 7.06. The van der Waals surface area contributed by atoms with Crippen LogP contribution in [0.25, 0.3) is 0 Å². The number of pyridine rings is 1. The van der Waals surface area contributed by atoms with E-state index < -0.39 is 12.0 Å². The molecule has 20 heavy (non-hydrogen) atoms. The van der Waals surface area contributed by atoms with E-state index in [2.05, 4.69) is 26.2 Å². The topological polar surface area (TPSA) is 62.2 Å². The van der Waals surface area contributed by atoms with Crippen LogP contribution in [0.4, 0.5) is 5.69 Å². The lowest BCUT2D eigenvalue weighted by Gasteiger charge is -2.08. The Labute approximate surface area is 132 Å². The lowest BCUT2D eigenvalue weighted by molar-refractivity contribution is -0.123. The number of aliphatic hydroxyl groups excluding tert-OH is 1. The smallest absolute Gasteiger partial charge is 0.257 e. The molecule has 1 amide bonds. The van der Waals surface area contributed by atoms with E-state index in [0.29, 0.717) is 21.3 Å². The van der Waals surface area contributed by atoms with Crippen LogP contribution in [0, 0.1) is 0 Å². The number of carbonyl (C=O) groups is 1. The summed E-state index contributed by atoms with van der Waals surface area (Å²) < 4.78 is 0.776. The number of halogens is 2. The Bertz CT molecular complexity index is 711. The van der Waals surface area contributed by atoms with Crippen molar-refractivity contribution in [2.75, 3.05) is 5.32 Å². The molecule has 7 heteroatoms. The lowest BCUT2D eigenvalue weighted by atomic mass is 10.1. The number of rotatable bonds is 2. The molecule has 0 fully saturated rings. The maximum atomic E-state index is 11.4. The minimum Gasteiger partial charge on any atom is -0.378 e. The van der Waals surface area contributed by atoms with Crippen LogP contribution in [0.15, 0.2) is 44.9 Å². The van der Waals surface area contributed by atoms with E-state index in [4.69, 9.17) is 11.6 Å². The zero-order valence-electron chi connectivity index (χ0n) is 9.93. The number of hydrogen-bond donors (Lipinski definition) is 2. The van der Waals surface area contributed by atoms with Gasteiger partial charge in [0.15, 0.2) is 6.10 Å². The van der Waals surface area contributed by atoms with Gasteiger partial charge in [-0.1, -0.05) is 23.4 Å². The van der Waals surface area contributed by atoms with Gasteiger partial charge in [0.25, 0.3) is 5.91 Å². The molecule has 0 bridgehead atoms. The van der Waals surface area contributed by atoms with E-state index in [1.807, 2.05) is 0 Å². The molecule has 102 valence electrons. The number of aromatic nitrogens is 1. The molecule has 0 spiro atoms. The second-order valence-corrected chi connectivity index (χ2v) is 6.45. The fourth-order valence-electron chi connectivity index (χ4n) is 1.87. The molecule has 1 unspecified atom stereocenters. The molecule has 3 rings (SSSR count). The van der Waals surface area contributed by atoms with Crippen LogP contribution in [-0.4, -0.2) is 16.0 Å². The fraction of sp³-hybridized carbons (Fsp3) is 0.0769. The first-order valence-electron chi connectivity index (χ1n) is 5.67. The van der Waals surface area contributed by atoms with Crippen LogP contribution in [0.5, 0.6) is 0 Å². The third-order valence-electron chi connectivity index (χ3n) is 2.84. The molecule has 4 nitrogen and oxygen atoms in total. The molecule has 2 aromatic rings. The number of nitrogens with one attached hydrogen (secondary N) is 1. The van der Waals surface area contributed by atoms with Gasteiger partial charge in [0.05, 0.1) is 5.02 Å². The summed E-state index contributed by atoms with van der Waals surface area (Å²) in [6.45, 7) is 0. The second kappa shape index (κ2) is 5.37. The van der Waals surface area contributed by atoms with Crippen molar-refractivity contribution in [1.29, 1.82) is 0 Å². The van der Waals surface area contributed by atoms with Crippen LogP contribution < -0.4 is 5.32 Å². The number of carbonyl (C=O) groups excluding carboxylic acids is 1. The van der Waals surface area contributed by atoms with Gasteiger partial charge >= 0.3 is 0 Å². The highest BCUT2D eigenvalue weighted by Crippen LogP contribution is 2.42. The molecule has 2 N–H and O–H groups in total. The first-order chi connectivity index (χ1) is 9.56. The number of amides is 1. The van der Waals surface area contributed by atoms with E-state index >= 15 is 0 Å². The summed E-state index contributed by atoms with van der Waals surface area (Å²) in [5, 5.41) is 13.6. The largest absolute Gasteiger partial charge is 0.378 e. The van der Waals surface area contributed by atoms with E-state index in [1.54, 1.807) is 30.5 Å². The zero-order valence-corrected chi connectivity index (χ0v) is 13.1. The van der Waals surface area contributed by atoms with Crippen LogP contribution in [0.2, 0.25) is 5.02 Å². The molecule has 1 aliphatic rings. The molecule has 1 aliphatic heterocycles. The average molecular weight is 372 g/mol. The first kappa shape index (κ1) is 13.9. The average Bonchev–Trinajstić information content (AvgIpc) is 2.69. The number of aliphatic hydroxyl groups is 1. The molecular weight excluding hydrogens is 364 g/mol. The summed E-state index contributed by atoms with van der Waals surface area (Å²) in [5.74, 6) is -0.412. The third kappa shape index (κ3) is 2.44. The molecular formula is C13H8BrClN2O2S. The number of hydrogen-bond acceptors (Lipinski definition) is 4. The first-order valence-corrected chi connectivity index (χ1v) is 7.66. The third-order valence-corrected chi connectivity index (χ3v) is 5.25. The molecule has 0 saturated heterocycles. The summed E-state index contributed by atoms with van der Waals surface area (Å²) in [5.41, 5.74) is 1.18. The van der Waals surface area contributed by atoms with Gasteiger partial charge in [-0.2, -0.15) is 0 Å². The van der Waals surface area contributed by atoms with Crippen molar-refractivity contribution in [1.82, 2.24) is 4.98 Å². The van der Waals surface area contributed by atoms with Crippen molar-refractivity contribution in [3.05, 3.63) is 45.5 Å². The lowest BCUT2D eigenvalue weighted by Crippen LogP contribution is -2.10. The van der Waals surface area contributed by atoms with Crippen LogP contribution in [0.3, 0.4) is 0 Å². The standard InChI is InChI=1S/C13H8BrClN2O2S/c14-7-4-6-9(17-12(19)11(6)18)5-10(7)20-13-8(15)2-1-3-16-13/h1-5,11,18H,(H,17,19). The van der Waals surface area contributed by atoms with Crippen LogP contribution in [0.1, 0.15) is 11.7 Å². The van der Waals surface area contributed by atoms with E-state index in [9.17, 15) is 9.90 Å². The van der Waals surface area contributed by atoms with Crippen LogP contribution >= 0.6 is 39.3 Å². The van der Waals surface area contributed by atoms with E-state index in [0.717, 1.165) is 9.37 Å². The van der Waals surface area contributed by atoms with Crippen molar-refractivity contribution in [3.63, 3.8) is 0 Å². The van der Waals surface area contributed by atoms with Crippen molar-refractivity contribution in [2.45, 2.75) is 16.0 Å². The molecule has 0 radical (unpaired) electrons. The Hall–Kier alpha value is -1.08. The van der Waals surface area contributed by atoms with Gasteiger partial charge in [-0.25, -0.2) is 4.98 Å². The second-order valence-electron chi connectivity index (χ2n) is 4.15. The van der Waals surface area contributed by atoms with E-state index in [-0.39, 0.29) is 0 Å². The maximum Gasteiger partial charge on any atom is 0.257 e. The van der Waals surface area contributed by atoms with Gasteiger partial charge in [-0.05, 0) is 40.2 Å². The highest BCUT2D eigenvalue weighted by Gasteiger charge is 2.29. The van der Waals surface area contributed by atoms with Crippen molar-refractivity contribution < 1.29 is 9.90 Å². The Balaban J connectivity index is 1.99. The minimum atomic E-state index is -1.11. The monoisotopic (exact) mass is 370 g/mol. The molecule has 2 heterocycles. The predicted octanol–water partition coefficient (Wildman–Crippen LogP) is 3.63. The highest BCUT2D eigenvalue weighted by atomic mass is 79.9. The van der Waals surface area contributed by atoms with E-state index in [1.165, 1.54) is 11.8 Å². The Morgan fingerprint density at radius 2 is 2.25 bits per heavy atom. The Morgan fingerprint density at radius 1 is 1.45 bits per heavy atom. The number of fused-ring (bicyclic) bond motifs is 1. The molecule has 1 atom stereocenters. The van der Waals surface area contributed by atoms with Gasteiger partial charge in [0, 0.05) is 26.8 Å².